The lowest BCUT2D eigenvalue weighted by atomic mass is 9.85. The van der Waals surface area contributed by atoms with Gasteiger partial charge in [0.2, 0.25) is 0 Å². The lowest BCUT2D eigenvalue weighted by Gasteiger charge is -2.21. The number of ether oxygens (including phenoxy) is 1. The molecule has 1 aliphatic rings. The van der Waals surface area contributed by atoms with E-state index < -0.39 is 6.03 Å². The summed E-state index contributed by atoms with van der Waals surface area (Å²) in [6, 6.07) is 6.87. The minimum Gasteiger partial charge on any atom is -0.381 e. The Hall–Kier alpha value is -2.58. The zero-order valence-corrected chi connectivity index (χ0v) is 17.2. The standard InChI is InChI=1S/C21H24N4O3S/c1-14(16-4-3-10-28-11-7-16)18-12-15(6-9-22-18)13-24-21(27)25-20(26)17-5-2-8-23-19(17)29-25/h2,5-6,8-9,12,14,16H,3-4,7,10-11,13H2,1H3,(H,24,27). The molecular weight excluding hydrogens is 388 g/mol. The summed E-state index contributed by atoms with van der Waals surface area (Å²) in [7, 11) is 0. The molecule has 2 atom stereocenters. The normalized spacial score (nSPS) is 18.3. The van der Waals surface area contributed by atoms with E-state index in [1.54, 1.807) is 24.5 Å². The molecule has 1 saturated heterocycles. The SMILES string of the molecule is CC(c1cc(CNC(=O)n2sc3ncccc3c2=O)ccn1)C1CCCOCC1. The van der Waals surface area contributed by atoms with E-state index in [0.29, 0.717) is 28.6 Å². The Morgan fingerprint density at radius 1 is 1.31 bits per heavy atom. The van der Waals surface area contributed by atoms with Gasteiger partial charge in [-0.15, -0.1) is 0 Å². The first-order valence-electron chi connectivity index (χ1n) is 9.91. The van der Waals surface area contributed by atoms with E-state index in [1.165, 1.54) is 0 Å². The van der Waals surface area contributed by atoms with E-state index in [0.717, 1.165) is 59.2 Å². The second-order valence-electron chi connectivity index (χ2n) is 7.39. The number of carbonyl (C=O) groups is 1. The Morgan fingerprint density at radius 3 is 3.07 bits per heavy atom. The van der Waals surface area contributed by atoms with Crippen molar-refractivity contribution in [2.45, 2.75) is 38.6 Å². The molecular formula is C21H24N4O3S. The van der Waals surface area contributed by atoms with Gasteiger partial charge in [0.15, 0.2) is 0 Å². The second-order valence-corrected chi connectivity index (χ2v) is 8.32. The molecule has 0 radical (unpaired) electrons. The van der Waals surface area contributed by atoms with Crippen molar-refractivity contribution in [1.29, 1.82) is 0 Å². The van der Waals surface area contributed by atoms with Crippen LogP contribution in [0, 0.1) is 5.92 Å². The number of nitrogens with zero attached hydrogens (tertiary/aromatic N) is 3. The molecule has 0 aromatic carbocycles. The van der Waals surface area contributed by atoms with E-state index in [4.69, 9.17) is 4.74 Å². The first kappa shape index (κ1) is 19.7. The summed E-state index contributed by atoms with van der Waals surface area (Å²) in [5.41, 5.74) is 1.66. The molecule has 1 fully saturated rings. The van der Waals surface area contributed by atoms with E-state index in [1.807, 2.05) is 12.1 Å². The van der Waals surface area contributed by atoms with Gasteiger partial charge in [0.25, 0.3) is 5.56 Å². The number of amides is 1. The topological polar surface area (TPSA) is 86.1 Å². The van der Waals surface area contributed by atoms with Gasteiger partial charge in [0.1, 0.15) is 4.83 Å². The summed E-state index contributed by atoms with van der Waals surface area (Å²) in [6.45, 7) is 4.20. The maximum Gasteiger partial charge on any atom is 0.338 e. The number of fused-ring (bicyclic) bond motifs is 1. The number of nitrogens with one attached hydrogen (secondary N) is 1. The largest absolute Gasteiger partial charge is 0.381 e. The number of aromatic nitrogens is 3. The quantitative estimate of drug-likeness (QED) is 0.708. The zero-order valence-electron chi connectivity index (χ0n) is 16.3. The van der Waals surface area contributed by atoms with E-state index >= 15 is 0 Å². The molecule has 4 rings (SSSR count). The Bertz CT molecular complexity index is 1050. The maximum atomic E-state index is 12.5. The summed E-state index contributed by atoms with van der Waals surface area (Å²) < 4.78 is 6.69. The van der Waals surface area contributed by atoms with Gasteiger partial charge in [-0.3, -0.25) is 9.78 Å². The number of hydrogen-bond donors (Lipinski definition) is 1. The highest BCUT2D eigenvalue weighted by molar-refractivity contribution is 7.14. The zero-order chi connectivity index (χ0) is 20.2. The lowest BCUT2D eigenvalue weighted by molar-refractivity contribution is 0.140. The number of rotatable bonds is 4. The number of carbonyl (C=O) groups excluding carboxylic acids is 1. The van der Waals surface area contributed by atoms with Gasteiger partial charge in [0, 0.05) is 43.8 Å². The van der Waals surface area contributed by atoms with Gasteiger partial charge >= 0.3 is 6.03 Å². The fourth-order valence-corrected chi connectivity index (χ4v) is 4.63. The highest BCUT2D eigenvalue weighted by Gasteiger charge is 2.22. The van der Waals surface area contributed by atoms with Gasteiger partial charge < -0.3 is 10.1 Å². The average molecular weight is 413 g/mol. The van der Waals surface area contributed by atoms with Crippen LogP contribution in [0.3, 0.4) is 0 Å². The molecule has 2 unspecified atom stereocenters. The summed E-state index contributed by atoms with van der Waals surface area (Å²) >= 11 is 1.05. The van der Waals surface area contributed by atoms with E-state index in [2.05, 4.69) is 22.2 Å². The molecule has 8 heteroatoms. The van der Waals surface area contributed by atoms with Crippen molar-refractivity contribution in [3.8, 4) is 0 Å². The van der Waals surface area contributed by atoms with Crippen LogP contribution in [0.2, 0.25) is 0 Å². The van der Waals surface area contributed by atoms with Gasteiger partial charge in [-0.1, -0.05) is 6.92 Å². The highest BCUT2D eigenvalue weighted by Crippen LogP contribution is 2.31. The molecule has 29 heavy (non-hydrogen) atoms. The van der Waals surface area contributed by atoms with Crippen LogP contribution in [0.25, 0.3) is 10.2 Å². The van der Waals surface area contributed by atoms with Gasteiger partial charge in [0.05, 0.1) is 5.39 Å². The van der Waals surface area contributed by atoms with Crippen molar-refractivity contribution >= 4 is 27.8 Å². The van der Waals surface area contributed by atoms with Crippen LogP contribution in [0.5, 0.6) is 0 Å². The fraction of sp³-hybridized carbons (Fsp3) is 0.429. The van der Waals surface area contributed by atoms with Crippen LogP contribution in [-0.2, 0) is 11.3 Å². The Labute approximate surface area is 172 Å². The van der Waals surface area contributed by atoms with Crippen molar-refractivity contribution in [3.63, 3.8) is 0 Å². The minimum atomic E-state index is -0.440. The Balaban J connectivity index is 1.44. The van der Waals surface area contributed by atoms with Crippen LogP contribution in [0.15, 0.2) is 41.5 Å². The van der Waals surface area contributed by atoms with Crippen LogP contribution < -0.4 is 10.9 Å². The van der Waals surface area contributed by atoms with E-state index in [9.17, 15) is 9.59 Å². The third-order valence-electron chi connectivity index (χ3n) is 5.51. The summed E-state index contributed by atoms with van der Waals surface area (Å²) in [6.07, 6.45) is 6.68. The number of hydrogen-bond acceptors (Lipinski definition) is 6. The first-order valence-corrected chi connectivity index (χ1v) is 10.7. The van der Waals surface area contributed by atoms with Crippen LogP contribution >= 0.6 is 11.5 Å². The predicted octanol–water partition coefficient (Wildman–Crippen LogP) is 3.53. The second kappa shape index (κ2) is 8.84. The van der Waals surface area contributed by atoms with Crippen molar-refractivity contribution in [2.75, 3.05) is 13.2 Å². The van der Waals surface area contributed by atoms with Gasteiger partial charge in [-0.25, -0.2) is 9.78 Å². The molecule has 0 aliphatic carbocycles. The third kappa shape index (κ3) is 4.38. The van der Waals surface area contributed by atoms with Crippen molar-refractivity contribution in [1.82, 2.24) is 19.2 Å². The predicted molar refractivity (Wildman–Crippen MR) is 112 cm³/mol. The van der Waals surface area contributed by atoms with Gasteiger partial charge in [-0.05, 0) is 66.5 Å². The fourth-order valence-electron chi connectivity index (χ4n) is 3.77. The molecule has 0 spiro atoms. The van der Waals surface area contributed by atoms with Crippen molar-refractivity contribution < 1.29 is 9.53 Å². The first-order chi connectivity index (χ1) is 14.1. The smallest absolute Gasteiger partial charge is 0.338 e. The van der Waals surface area contributed by atoms with Crippen LogP contribution in [-0.4, -0.2) is 33.2 Å². The molecule has 1 aliphatic heterocycles. The molecule has 1 N–H and O–H groups in total. The summed E-state index contributed by atoms with van der Waals surface area (Å²) in [5, 5.41) is 3.29. The third-order valence-corrected chi connectivity index (χ3v) is 6.52. The van der Waals surface area contributed by atoms with Crippen LogP contribution in [0.4, 0.5) is 4.79 Å². The highest BCUT2D eigenvalue weighted by atomic mass is 32.1. The van der Waals surface area contributed by atoms with Crippen molar-refractivity contribution in [3.05, 3.63) is 58.3 Å². The monoisotopic (exact) mass is 412 g/mol. The summed E-state index contributed by atoms with van der Waals surface area (Å²) in [5.74, 6) is 0.892. The van der Waals surface area contributed by atoms with Gasteiger partial charge in [-0.2, -0.15) is 3.96 Å². The molecule has 7 nitrogen and oxygen atoms in total. The molecule has 3 aromatic rings. The Kier molecular flexibility index (Phi) is 6.01. The molecule has 152 valence electrons. The average Bonchev–Trinajstić information content (AvgIpc) is 2.92. The van der Waals surface area contributed by atoms with E-state index in [-0.39, 0.29) is 5.56 Å². The maximum absolute atomic E-state index is 12.5. The van der Waals surface area contributed by atoms with Crippen LogP contribution in [0.1, 0.15) is 43.4 Å². The molecule has 0 bridgehead atoms. The molecule has 3 aromatic heterocycles. The molecule has 4 heterocycles. The summed E-state index contributed by atoms with van der Waals surface area (Å²) in [4.78, 5) is 34.2. The van der Waals surface area contributed by atoms with Crippen molar-refractivity contribution in [2.24, 2.45) is 5.92 Å². The number of pyridine rings is 2. The minimum absolute atomic E-state index is 0.336. The lowest BCUT2D eigenvalue weighted by Crippen LogP contribution is -2.32. The Morgan fingerprint density at radius 2 is 2.21 bits per heavy atom. The molecule has 1 amide bonds. The molecule has 0 saturated carbocycles.